The van der Waals surface area contributed by atoms with Gasteiger partial charge < -0.3 is 4.57 Å². The molecule has 1 heterocycles. The molecule has 0 unspecified atom stereocenters. The van der Waals surface area contributed by atoms with E-state index in [9.17, 15) is 4.91 Å². The molecule has 0 aliphatic rings. The molecule has 0 fully saturated rings. The highest BCUT2D eigenvalue weighted by Gasteiger charge is 2.19. The summed E-state index contributed by atoms with van der Waals surface area (Å²) in [6.45, 7) is 4.80. The third kappa shape index (κ3) is 3.52. The summed E-state index contributed by atoms with van der Waals surface area (Å²) in [6, 6.07) is 28.8. The van der Waals surface area contributed by atoms with Gasteiger partial charge in [-0.15, -0.1) is 4.91 Å². The Hall–Kier alpha value is -3.46. The van der Waals surface area contributed by atoms with E-state index in [0.29, 0.717) is 12.2 Å². The molecule has 0 spiro atoms. The van der Waals surface area contributed by atoms with Crippen molar-refractivity contribution in [3.8, 4) is 22.5 Å². The summed E-state index contributed by atoms with van der Waals surface area (Å²) in [6.07, 6.45) is 0. The molecule has 3 heteroatoms. The van der Waals surface area contributed by atoms with E-state index in [0.717, 1.165) is 22.5 Å². The van der Waals surface area contributed by atoms with Gasteiger partial charge >= 0.3 is 0 Å². The molecule has 0 aliphatic carbocycles. The van der Waals surface area contributed by atoms with Crippen molar-refractivity contribution >= 4 is 5.69 Å². The van der Waals surface area contributed by atoms with Crippen molar-refractivity contribution in [2.24, 2.45) is 5.18 Å². The molecule has 0 saturated heterocycles. The van der Waals surface area contributed by atoms with E-state index in [-0.39, 0.29) is 0 Å². The van der Waals surface area contributed by atoms with Crippen molar-refractivity contribution in [1.29, 1.82) is 0 Å². The predicted octanol–water partition coefficient (Wildman–Crippen LogP) is 6.89. The number of nitroso groups, excluding NO2 is 1. The minimum atomic E-state index is 0.468. The second-order valence-electron chi connectivity index (χ2n) is 7.16. The number of aryl methyl sites for hydroxylation is 2. The van der Waals surface area contributed by atoms with Gasteiger partial charge in [0.25, 0.3) is 0 Å². The van der Waals surface area contributed by atoms with Crippen molar-refractivity contribution in [3.05, 3.63) is 107 Å². The van der Waals surface area contributed by atoms with Gasteiger partial charge in [-0.1, -0.05) is 90.0 Å². The van der Waals surface area contributed by atoms with E-state index in [1.54, 1.807) is 0 Å². The zero-order chi connectivity index (χ0) is 19.5. The molecule has 3 aromatic carbocycles. The molecule has 0 N–H and O–H groups in total. The normalized spacial score (nSPS) is 10.8. The Morgan fingerprint density at radius 2 is 1.32 bits per heavy atom. The molecule has 138 valence electrons. The molecule has 0 radical (unpaired) electrons. The summed E-state index contributed by atoms with van der Waals surface area (Å²) in [5.74, 6) is 0. The van der Waals surface area contributed by atoms with Crippen LogP contribution in [0.15, 0.2) is 90.1 Å². The Labute approximate surface area is 165 Å². The van der Waals surface area contributed by atoms with Crippen molar-refractivity contribution in [3.63, 3.8) is 0 Å². The van der Waals surface area contributed by atoms with E-state index in [1.165, 1.54) is 16.7 Å². The zero-order valence-corrected chi connectivity index (χ0v) is 16.1. The van der Waals surface area contributed by atoms with Crippen LogP contribution < -0.4 is 0 Å². The summed E-state index contributed by atoms with van der Waals surface area (Å²) in [7, 11) is 0. The first kappa shape index (κ1) is 17.9. The fourth-order valence-electron chi connectivity index (χ4n) is 3.51. The summed E-state index contributed by atoms with van der Waals surface area (Å²) in [4.78, 5) is 11.7. The molecule has 4 rings (SSSR count). The number of benzene rings is 3. The summed E-state index contributed by atoms with van der Waals surface area (Å²) < 4.78 is 2.20. The standard InChI is InChI=1S/C25H22N2O/c1-18-8-12-21(13-9-18)24-16-23(26-28)25(22-14-10-19(2)11-15-22)27(24)17-20-6-4-3-5-7-20/h3-16H,17H2,1-2H3. The molecule has 0 saturated carbocycles. The van der Waals surface area contributed by atoms with Crippen LogP contribution in [-0.2, 0) is 6.54 Å². The van der Waals surface area contributed by atoms with Crippen LogP contribution in [0.2, 0.25) is 0 Å². The number of hydrogen-bond donors (Lipinski definition) is 0. The van der Waals surface area contributed by atoms with Crippen LogP contribution in [0.3, 0.4) is 0 Å². The lowest BCUT2D eigenvalue weighted by Gasteiger charge is -2.15. The highest BCUT2D eigenvalue weighted by atomic mass is 16.3. The number of nitrogens with zero attached hydrogens (tertiary/aromatic N) is 2. The van der Waals surface area contributed by atoms with Crippen molar-refractivity contribution in [2.75, 3.05) is 0 Å². The average molecular weight is 366 g/mol. The highest BCUT2D eigenvalue weighted by molar-refractivity contribution is 5.81. The van der Waals surface area contributed by atoms with Crippen LogP contribution in [0.4, 0.5) is 5.69 Å². The van der Waals surface area contributed by atoms with E-state index in [2.05, 4.69) is 84.3 Å². The lowest BCUT2D eigenvalue weighted by atomic mass is 10.1. The first-order valence-corrected chi connectivity index (χ1v) is 9.40. The lowest BCUT2D eigenvalue weighted by Crippen LogP contribution is -2.04. The fraction of sp³-hybridized carbons (Fsp3) is 0.120. The van der Waals surface area contributed by atoms with Crippen LogP contribution in [0.25, 0.3) is 22.5 Å². The monoisotopic (exact) mass is 366 g/mol. The molecule has 0 atom stereocenters. The van der Waals surface area contributed by atoms with Gasteiger partial charge in [0.1, 0.15) is 5.69 Å². The van der Waals surface area contributed by atoms with Gasteiger partial charge in [-0.05, 0) is 36.2 Å². The molecule has 0 amide bonds. The summed E-state index contributed by atoms with van der Waals surface area (Å²) in [5, 5.41) is 3.36. The molecule has 3 nitrogen and oxygen atoms in total. The highest BCUT2D eigenvalue weighted by Crippen LogP contribution is 2.39. The molecule has 0 aliphatic heterocycles. The van der Waals surface area contributed by atoms with Gasteiger partial charge in [-0.25, -0.2) is 0 Å². The lowest BCUT2D eigenvalue weighted by molar-refractivity contribution is 0.822. The minimum absolute atomic E-state index is 0.468. The second kappa shape index (κ2) is 7.65. The molecule has 28 heavy (non-hydrogen) atoms. The fourth-order valence-corrected chi connectivity index (χ4v) is 3.51. The molecular formula is C25H22N2O. The van der Waals surface area contributed by atoms with Crippen molar-refractivity contribution in [2.45, 2.75) is 20.4 Å². The maximum absolute atomic E-state index is 11.7. The smallest absolute Gasteiger partial charge is 0.134 e. The topological polar surface area (TPSA) is 34.4 Å². The average Bonchev–Trinajstić information content (AvgIpc) is 3.08. The van der Waals surface area contributed by atoms with Crippen molar-refractivity contribution in [1.82, 2.24) is 4.57 Å². The Kier molecular flexibility index (Phi) is 4.90. The number of aromatic nitrogens is 1. The Morgan fingerprint density at radius 1 is 0.750 bits per heavy atom. The Bertz CT molecular complexity index is 1090. The largest absolute Gasteiger partial charge is 0.334 e. The quantitative estimate of drug-likeness (QED) is 0.354. The Balaban J connectivity index is 1.94. The zero-order valence-electron chi connectivity index (χ0n) is 16.1. The third-order valence-corrected chi connectivity index (χ3v) is 5.03. The predicted molar refractivity (Wildman–Crippen MR) is 116 cm³/mol. The van der Waals surface area contributed by atoms with Crippen LogP contribution in [0.5, 0.6) is 0 Å². The maximum atomic E-state index is 11.7. The maximum Gasteiger partial charge on any atom is 0.134 e. The first-order valence-electron chi connectivity index (χ1n) is 9.40. The number of rotatable bonds is 5. The van der Waals surface area contributed by atoms with Crippen molar-refractivity contribution < 1.29 is 0 Å². The SMILES string of the molecule is Cc1ccc(-c2cc(N=O)c(-c3ccc(C)cc3)n2Cc2ccccc2)cc1. The van der Waals surface area contributed by atoms with E-state index in [4.69, 9.17) is 0 Å². The molecule has 1 aromatic heterocycles. The number of hydrogen-bond acceptors (Lipinski definition) is 2. The summed E-state index contributed by atoms with van der Waals surface area (Å²) >= 11 is 0. The van der Waals surface area contributed by atoms with Gasteiger partial charge in [0.2, 0.25) is 0 Å². The van der Waals surface area contributed by atoms with Gasteiger partial charge in [0.05, 0.1) is 11.4 Å². The molecule has 4 aromatic rings. The third-order valence-electron chi connectivity index (χ3n) is 5.03. The second-order valence-corrected chi connectivity index (χ2v) is 7.16. The van der Waals surface area contributed by atoms with Gasteiger partial charge in [-0.2, -0.15) is 0 Å². The van der Waals surface area contributed by atoms with Crippen LogP contribution in [0.1, 0.15) is 16.7 Å². The van der Waals surface area contributed by atoms with Gasteiger partial charge in [0, 0.05) is 12.1 Å². The van der Waals surface area contributed by atoms with Crippen LogP contribution in [0, 0.1) is 18.8 Å². The van der Waals surface area contributed by atoms with Gasteiger partial charge in [0.15, 0.2) is 0 Å². The Morgan fingerprint density at radius 3 is 1.89 bits per heavy atom. The van der Waals surface area contributed by atoms with E-state index >= 15 is 0 Å². The first-order chi connectivity index (χ1) is 13.7. The molecule has 0 bridgehead atoms. The van der Waals surface area contributed by atoms with Gasteiger partial charge in [-0.3, -0.25) is 0 Å². The molecular weight excluding hydrogens is 344 g/mol. The van der Waals surface area contributed by atoms with Crippen LogP contribution >= 0.6 is 0 Å². The van der Waals surface area contributed by atoms with Crippen LogP contribution in [-0.4, -0.2) is 4.57 Å². The summed E-state index contributed by atoms with van der Waals surface area (Å²) in [5.41, 5.74) is 7.96. The minimum Gasteiger partial charge on any atom is -0.334 e. The van der Waals surface area contributed by atoms with E-state index < -0.39 is 0 Å². The van der Waals surface area contributed by atoms with E-state index in [1.807, 2.05) is 24.3 Å².